The Labute approximate surface area is 163 Å². The number of hydrogen-bond donors (Lipinski definition) is 2. The molecule has 8 heteroatoms. The number of methoxy groups -OCH3 is 3. The Balaban J connectivity index is 1.62. The number of anilines is 1. The number of benzene rings is 2. The average molecular weight is 388 g/mol. The van der Waals surface area contributed by atoms with Gasteiger partial charge >= 0.3 is 0 Å². The highest BCUT2D eigenvalue weighted by atomic mass is 16.7. The van der Waals surface area contributed by atoms with E-state index in [-0.39, 0.29) is 12.7 Å². The minimum Gasteiger partial charge on any atom is -0.493 e. The van der Waals surface area contributed by atoms with Gasteiger partial charge in [0.1, 0.15) is 6.04 Å². The van der Waals surface area contributed by atoms with E-state index in [1.54, 1.807) is 40.4 Å². The molecule has 1 aliphatic heterocycles. The van der Waals surface area contributed by atoms with Crippen molar-refractivity contribution in [1.29, 1.82) is 0 Å². The molecule has 0 aromatic heterocycles. The molecule has 1 amide bonds. The van der Waals surface area contributed by atoms with Gasteiger partial charge in [0, 0.05) is 24.4 Å². The molecular formula is C20H24N2O6. The maximum absolute atomic E-state index is 12.5. The van der Waals surface area contributed by atoms with Gasteiger partial charge in [-0.05, 0) is 24.6 Å². The van der Waals surface area contributed by atoms with Crippen molar-refractivity contribution in [2.24, 2.45) is 0 Å². The van der Waals surface area contributed by atoms with Crippen molar-refractivity contribution in [1.82, 2.24) is 5.32 Å². The Bertz CT molecular complexity index is 830. The molecule has 0 bridgehead atoms. The molecule has 1 aliphatic rings. The third kappa shape index (κ3) is 4.16. The molecule has 28 heavy (non-hydrogen) atoms. The lowest BCUT2D eigenvalue weighted by Crippen LogP contribution is -2.37. The first kappa shape index (κ1) is 19.5. The predicted octanol–water partition coefficient (Wildman–Crippen LogP) is 2.56. The van der Waals surface area contributed by atoms with Crippen LogP contribution in [0.3, 0.4) is 0 Å². The van der Waals surface area contributed by atoms with Crippen LogP contribution in [0.5, 0.6) is 28.7 Å². The zero-order chi connectivity index (χ0) is 20.1. The van der Waals surface area contributed by atoms with Gasteiger partial charge in [-0.25, -0.2) is 0 Å². The summed E-state index contributed by atoms with van der Waals surface area (Å²) in [6, 6.07) is 8.62. The molecular weight excluding hydrogens is 364 g/mol. The SMILES string of the molecule is COc1cc(N[C@H](C)C(=O)NCc2ccc3c(c2)OCO3)cc(OC)c1OC. The highest BCUT2D eigenvalue weighted by Crippen LogP contribution is 2.40. The second kappa shape index (κ2) is 8.60. The van der Waals surface area contributed by atoms with Gasteiger partial charge < -0.3 is 34.3 Å². The largest absolute Gasteiger partial charge is 0.493 e. The van der Waals surface area contributed by atoms with E-state index in [0.717, 1.165) is 5.56 Å². The van der Waals surface area contributed by atoms with E-state index in [1.165, 1.54) is 0 Å². The van der Waals surface area contributed by atoms with E-state index < -0.39 is 6.04 Å². The molecule has 1 heterocycles. The van der Waals surface area contributed by atoms with E-state index >= 15 is 0 Å². The van der Waals surface area contributed by atoms with Crippen LogP contribution in [0, 0.1) is 0 Å². The second-order valence-electron chi connectivity index (χ2n) is 6.19. The fourth-order valence-corrected chi connectivity index (χ4v) is 2.87. The fraction of sp³-hybridized carbons (Fsp3) is 0.350. The topological polar surface area (TPSA) is 87.3 Å². The molecule has 8 nitrogen and oxygen atoms in total. The predicted molar refractivity (Wildman–Crippen MR) is 104 cm³/mol. The van der Waals surface area contributed by atoms with E-state index in [2.05, 4.69) is 10.6 Å². The van der Waals surface area contributed by atoms with Crippen LogP contribution < -0.4 is 34.3 Å². The van der Waals surface area contributed by atoms with Gasteiger partial charge in [0.25, 0.3) is 0 Å². The average Bonchev–Trinajstić information content (AvgIpc) is 3.18. The number of fused-ring (bicyclic) bond motifs is 1. The van der Waals surface area contributed by atoms with Gasteiger partial charge in [-0.2, -0.15) is 0 Å². The smallest absolute Gasteiger partial charge is 0.242 e. The Morgan fingerprint density at radius 2 is 1.71 bits per heavy atom. The summed E-state index contributed by atoms with van der Waals surface area (Å²) in [5.74, 6) is 2.78. The summed E-state index contributed by atoms with van der Waals surface area (Å²) in [6.07, 6.45) is 0. The number of nitrogens with one attached hydrogen (secondary N) is 2. The van der Waals surface area contributed by atoms with Crippen molar-refractivity contribution >= 4 is 11.6 Å². The molecule has 2 N–H and O–H groups in total. The van der Waals surface area contributed by atoms with Crippen molar-refractivity contribution in [3.05, 3.63) is 35.9 Å². The summed E-state index contributed by atoms with van der Waals surface area (Å²) >= 11 is 0. The molecule has 2 aromatic rings. The Morgan fingerprint density at radius 3 is 2.36 bits per heavy atom. The van der Waals surface area contributed by atoms with Gasteiger partial charge in [-0.15, -0.1) is 0 Å². The lowest BCUT2D eigenvalue weighted by molar-refractivity contribution is -0.121. The van der Waals surface area contributed by atoms with Crippen LogP contribution >= 0.6 is 0 Å². The first-order chi connectivity index (χ1) is 13.5. The van der Waals surface area contributed by atoms with Crippen molar-refractivity contribution in [2.75, 3.05) is 33.4 Å². The normalized spacial score (nSPS) is 12.9. The maximum atomic E-state index is 12.5. The quantitative estimate of drug-likeness (QED) is 0.719. The number of hydrogen-bond acceptors (Lipinski definition) is 7. The standard InChI is InChI=1S/C20H24N2O6/c1-12(22-14-8-17(24-2)19(26-4)18(9-14)25-3)20(23)21-10-13-5-6-15-16(7-13)28-11-27-15/h5-9,12,22H,10-11H2,1-4H3,(H,21,23)/t12-/m1/s1. The van der Waals surface area contributed by atoms with Crippen LogP contribution in [0.4, 0.5) is 5.69 Å². The molecule has 0 spiro atoms. The monoisotopic (exact) mass is 388 g/mol. The molecule has 0 saturated heterocycles. The van der Waals surface area contributed by atoms with Crippen molar-refractivity contribution in [3.63, 3.8) is 0 Å². The van der Waals surface area contributed by atoms with E-state index in [9.17, 15) is 4.79 Å². The molecule has 0 saturated carbocycles. The van der Waals surface area contributed by atoms with Crippen LogP contribution in [0.1, 0.15) is 12.5 Å². The molecule has 0 radical (unpaired) electrons. The second-order valence-corrected chi connectivity index (χ2v) is 6.19. The summed E-state index contributed by atoms with van der Waals surface area (Å²) < 4.78 is 26.6. The van der Waals surface area contributed by atoms with Gasteiger partial charge in [-0.1, -0.05) is 6.07 Å². The number of carbonyl (C=O) groups excluding carboxylic acids is 1. The number of rotatable bonds is 8. The highest BCUT2D eigenvalue weighted by molar-refractivity contribution is 5.84. The summed E-state index contributed by atoms with van der Waals surface area (Å²) in [5.41, 5.74) is 1.61. The molecule has 0 fully saturated rings. The van der Waals surface area contributed by atoms with Crippen LogP contribution in [-0.4, -0.2) is 40.1 Å². The van der Waals surface area contributed by atoms with Crippen molar-refractivity contribution < 1.29 is 28.5 Å². The summed E-state index contributed by atoms with van der Waals surface area (Å²) in [6.45, 7) is 2.38. The lowest BCUT2D eigenvalue weighted by Gasteiger charge is -2.18. The third-order valence-corrected chi connectivity index (χ3v) is 4.34. The molecule has 2 aromatic carbocycles. The summed E-state index contributed by atoms with van der Waals surface area (Å²) in [7, 11) is 4.63. The first-order valence-electron chi connectivity index (χ1n) is 8.78. The van der Waals surface area contributed by atoms with Gasteiger partial charge in [0.2, 0.25) is 18.4 Å². The zero-order valence-corrected chi connectivity index (χ0v) is 16.3. The Kier molecular flexibility index (Phi) is 5.98. The van der Waals surface area contributed by atoms with E-state index in [1.807, 2.05) is 18.2 Å². The number of ether oxygens (including phenoxy) is 5. The van der Waals surface area contributed by atoms with Gasteiger partial charge in [0.05, 0.1) is 21.3 Å². The summed E-state index contributed by atoms with van der Waals surface area (Å²) in [5, 5.41) is 6.05. The van der Waals surface area contributed by atoms with Crippen LogP contribution in [0.15, 0.2) is 30.3 Å². The van der Waals surface area contributed by atoms with E-state index in [0.29, 0.717) is 41.0 Å². The zero-order valence-electron chi connectivity index (χ0n) is 16.3. The van der Waals surface area contributed by atoms with Crippen LogP contribution in [0.2, 0.25) is 0 Å². The minimum absolute atomic E-state index is 0.147. The highest BCUT2D eigenvalue weighted by Gasteiger charge is 2.18. The molecule has 3 rings (SSSR count). The van der Waals surface area contributed by atoms with Crippen LogP contribution in [-0.2, 0) is 11.3 Å². The minimum atomic E-state index is -0.475. The van der Waals surface area contributed by atoms with E-state index in [4.69, 9.17) is 23.7 Å². The first-order valence-corrected chi connectivity index (χ1v) is 8.78. The number of amides is 1. The third-order valence-electron chi connectivity index (χ3n) is 4.34. The number of carbonyl (C=O) groups is 1. The maximum Gasteiger partial charge on any atom is 0.242 e. The molecule has 150 valence electrons. The van der Waals surface area contributed by atoms with Gasteiger partial charge in [-0.3, -0.25) is 4.79 Å². The molecule has 0 unspecified atom stereocenters. The summed E-state index contributed by atoms with van der Waals surface area (Å²) in [4.78, 5) is 12.5. The van der Waals surface area contributed by atoms with Crippen LogP contribution in [0.25, 0.3) is 0 Å². The molecule has 1 atom stereocenters. The lowest BCUT2D eigenvalue weighted by atomic mass is 10.2. The fourth-order valence-electron chi connectivity index (χ4n) is 2.87. The Hall–Kier alpha value is -3.29. The van der Waals surface area contributed by atoms with Gasteiger partial charge in [0.15, 0.2) is 23.0 Å². The van der Waals surface area contributed by atoms with Crippen molar-refractivity contribution in [2.45, 2.75) is 19.5 Å². The van der Waals surface area contributed by atoms with Crippen molar-refractivity contribution in [3.8, 4) is 28.7 Å². The Morgan fingerprint density at radius 1 is 1.04 bits per heavy atom. The molecule has 0 aliphatic carbocycles.